The molecule has 0 unspecified atom stereocenters. The Kier molecular flexibility index (Phi) is 7.63. The number of carbonyl (C=O) groups excluding carboxylic acids is 3. The number of benzene rings is 3. The van der Waals surface area contributed by atoms with E-state index in [1.807, 2.05) is 18.2 Å². The fraction of sp³-hybridized carbons (Fsp3) is 0.143. The van der Waals surface area contributed by atoms with Crippen molar-refractivity contribution in [2.75, 3.05) is 29.4 Å². The number of hydrogen-bond donors (Lipinski definition) is 2. The number of para-hydroxylation sites is 1. The maximum Gasteiger partial charge on any atom is 0.280 e. The van der Waals surface area contributed by atoms with E-state index >= 15 is 0 Å². The zero-order valence-corrected chi connectivity index (χ0v) is 20.6. The number of rotatable bonds is 8. The van der Waals surface area contributed by atoms with Gasteiger partial charge in [0.1, 0.15) is 0 Å². The number of nitrogens with one attached hydrogen (secondary N) is 2. The molecule has 188 valence electrons. The van der Waals surface area contributed by atoms with Crippen LogP contribution in [0.25, 0.3) is 6.08 Å². The molecule has 2 N–H and O–H groups in total. The van der Waals surface area contributed by atoms with Crippen molar-refractivity contribution in [3.63, 3.8) is 0 Å². The van der Waals surface area contributed by atoms with Gasteiger partial charge in [-0.05, 0) is 67.1 Å². The van der Waals surface area contributed by atoms with Crippen molar-refractivity contribution in [3.8, 4) is 11.5 Å². The summed E-state index contributed by atoms with van der Waals surface area (Å²) in [6.45, 7) is 3.00. The number of carbonyl (C=O) groups is 3. The number of hydrazone groups is 1. The minimum absolute atomic E-state index is 0.175. The van der Waals surface area contributed by atoms with Crippen molar-refractivity contribution >= 4 is 46.6 Å². The van der Waals surface area contributed by atoms with Gasteiger partial charge in [-0.3, -0.25) is 14.4 Å². The van der Waals surface area contributed by atoms with Crippen LogP contribution in [0.15, 0.2) is 83.5 Å². The lowest BCUT2D eigenvalue weighted by Gasteiger charge is -2.13. The van der Waals surface area contributed by atoms with Crippen LogP contribution in [0, 0.1) is 0 Å². The lowest BCUT2D eigenvalue weighted by molar-refractivity contribution is -0.118. The van der Waals surface area contributed by atoms with E-state index in [1.54, 1.807) is 67.6 Å². The lowest BCUT2D eigenvalue weighted by Crippen LogP contribution is -2.21. The topological polar surface area (TPSA) is 109 Å². The monoisotopic (exact) mass is 498 g/mol. The molecule has 0 bridgehead atoms. The molecule has 4 rings (SSSR count). The highest BCUT2D eigenvalue weighted by Gasteiger charge is 2.28. The summed E-state index contributed by atoms with van der Waals surface area (Å²) in [5.74, 6) is 0.0743. The van der Waals surface area contributed by atoms with Crippen LogP contribution in [0.2, 0.25) is 0 Å². The first-order valence-electron chi connectivity index (χ1n) is 11.5. The molecule has 1 heterocycles. The molecule has 0 saturated carbocycles. The highest BCUT2D eigenvalue weighted by molar-refractivity contribution is 6.32. The summed E-state index contributed by atoms with van der Waals surface area (Å²) >= 11 is 0. The minimum Gasteiger partial charge on any atom is -0.493 e. The van der Waals surface area contributed by atoms with Crippen LogP contribution in [0.5, 0.6) is 11.5 Å². The fourth-order valence-corrected chi connectivity index (χ4v) is 3.67. The van der Waals surface area contributed by atoms with Crippen molar-refractivity contribution < 1.29 is 23.9 Å². The number of anilines is 3. The Morgan fingerprint density at radius 2 is 1.65 bits per heavy atom. The van der Waals surface area contributed by atoms with Gasteiger partial charge in [0.25, 0.3) is 11.8 Å². The Labute approximate surface area is 214 Å². The lowest BCUT2D eigenvalue weighted by atomic mass is 10.1. The van der Waals surface area contributed by atoms with Gasteiger partial charge < -0.3 is 20.1 Å². The van der Waals surface area contributed by atoms with E-state index in [2.05, 4.69) is 15.7 Å². The molecule has 3 aromatic rings. The number of hydrogen-bond acceptors (Lipinski definition) is 6. The first kappa shape index (κ1) is 25.2. The molecule has 0 radical (unpaired) electrons. The summed E-state index contributed by atoms with van der Waals surface area (Å²) in [6, 6.07) is 21.1. The Bertz CT molecular complexity index is 1380. The molecule has 1 aliphatic heterocycles. The van der Waals surface area contributed by atoms with Crippen molar-refractivity contribution in [2.24, 2.45) is 5.10 Å². The highest BCUT2D eigenvalue weighted by Crippen LogP contribution is 2.31. The van der Waals surface area contributed by atoms with Gasteiger partial charge in [-0.1, -0.05) is 24.3 Å². The SMILES string of the molecule is COc1cc(/C=C2/C(=O)N(c3ccc(NC(C)=O)cc3)N=C2C)ccc1OCC(=O)Nc1ccccc1. The van der Waals surface area contributed by atoms with E-state index in [9.17, 15) is 14.4 Å². The van der Waals surface area contributed by atoms with Crippen LogP contribution in [-0.2, 0) is 14.4 Å². The van der Waals surface area contributed by atoms with Gasteiger partial charge in [0.05, 0.1) is 24.1 Å². The number of amides is 3. The average molecular weight is 499 g/mol. The molecular weight excluding hydrogens is 472 g/mol. The van der Waals surface area contributed by atoms with Crippen molar-refractivity contribution in [2.45, 2.75) is 13.8 Å². The Hall–Kier alpha value is -4.92. The van der Waals surface area contributed by atoms with Crippen LogP contribution in [0.3, 0.4) is 0 Å². The van der Waals surface area contributed by atoms with E-state index in [1.165, 1.54) is 19.0 Å². The van der Waals surface area contributed by atoms with E-state index in [4.69, 9.17) is 9.47 Å². The molecule has 0 saturated heterocycles. The Morgan fingerprint density at radius 3 is 2.32 bits per heavy atom. The molecule has 0 atom stereocenters. The molecule has 37 heavy (non-hydrogen) atoms. The largest absolute Gasteiger partial charge is 0.493 e. The molecule has 0 aliphatic carbocycles. The highest BCUT2D eigenvalue weighted by atomic mass is 16.5. The van der Waals surface area contributed by atoms with Crippen LogP contribution in [0.1, 0.15) is 19.4 Å². The number of methoxy groups -OCH3 is 1. The molecule has 3 aromatic carbocycles. The molecule has 0 spiro atoms. The molecule has 3 amide bonds. The molecule has 9 heteroatoms. The zero-order valence-electron chi connectivity index (χ0n) is 20.6. The first-order valence-corrected chi connectivity index (χ1v) is 11.5. The van der Waals surface area contributed by atoms with Crippen molar-refractivity contribution in [1.82, 2.24) is 0 Å². The summed E-state index contributed by atoms with van der Waals surface area (Å²) in [7, 11) is 1.50. The van der Waals surface area contributed by atoms with Gasteiger partial charge in [0, 0.05) is 18.3 Å². The third-order valence-corrected chi connectivity index (χ3v) is 5.41. The van der Waals surface area contributed by atoms with E-state index < -0.39 is 0 Å². The van der Waals surface area contributed by atoms with E-state index in [0.717, 1.165) is 0 Å². The Balaban J connectivity index is 1.45. The van der Waals surface area contributed by atoms with E-state index in [-0.39, 0.29) is 24.3 Å². The van der Waals surface area contributed by atoms with Crippen LogP contribution in [-0.4, -0.2) is 37.1 Å². The van der Waals surface area contributed by atoms with E-state index in [0.29, 0.717) is 45.4 Å². The summed E-state index contributed by atoms with van der Waals surface area (Å²) in [5, 5.41) is 11.2. The second-order valence-electron chi connectivity index (χ2n) is 8.20. The number of nitrogens with zero attached hydrogens (tertiary/aromatic N) is 2. The molecular formula is C28H26N4O5. The molecule has 0 fully saturated rings. The molecule has 9 nitrogen and oxygen atoms in total. The standard InChI is InChI=1S/C28H26N4O5/c1-18-24(28(35)32(31-18)23-12-10-22(11-13-23)29-19(2)33)15-20-9-14-25(26(16-20)36-3)37-17-27(34)30-21-7-5-4-6-8-21/h4-16H,17H2,1-3H3,(H,29,33)(H,30,34)/b24-15+. The fourth-order valence-electron chi connectivity index (χ4n) is 3.67. The van der Waals surface area contributed by atoms with Crippen molar-refractivity contribution in [1.29, 1.82) is 0 Å². The van der Waals surface area contributed by atoms with Gasteiger partial charge in [-0.2, -0.15) is 10.1 Å². The summed E-state index contributed by atoms with van der Waals surface area (Å²) in [4.78, 5) is 36.5. The van der Waals surface area contributed by atoms with Crippen molar-refractivity contribution in [3.05, 3.63) is 83.9 Å². The van der Waals surface area contributed by atoms with Gasteiger partial charge in [-0.15, -0.1) is 0 Å². The first-order chi connectivity index (χ1) is 17.8. The molecule has 0 aromatic heterocycles. The average Bonchev–Trinajstić information content (AvgIpc) is 3.17. The quantitative estimate of drug-likeness (QED) is 0.445. The van der Waals surface area contributed by atoms with Crippen LogP contribution in [0.4, 0.5) is 17.1 Å². The summed E-state index contributed by atoms with van der Waals surface area (Å²) < 4.78 is 11.1. The normalized spacial score (nSPS) is 13.8. The number of ether oxygens (including phenoxy) is 2. The minimum atomic E-state index is -0.298. The molecule has 1 aliphatic rings. The third kappa shape index (κ3) is 6.21. The van der Waals surface area contributed by atoms with Gasteiger partial charge >= 0.3 is 0 Å². The van der Waals surface area contributed by atoms with Crippen LogP contribution < -0.4 is 25.1 Å². The Morgan fingerprint density at radius 1 is 0.946 bits per heavy atom. The predicted molar refractivity (Wildman–Crippen MR) is 143 cm³/mol. The van der Waals surface area contributed by atoms with Gasteiger partial charge in [0.2, 0.25) is 5.91 Å². The second-order valence-corrected chi connectivity index (χ2v) is 8.20. The maximum atomic E-state index is 13.1. The predicted octanol–water partition coefficient (Wildman–Crippen LogP) is 4.48. The summed E-state index contributed by atoms with van der Waals surface area (Å²) in [5.41, 5.74) is 3.60. The van der Waals surface area contributed by atoms with Crippen LogP contribution >= 0.6 is 0 Å². The maximum absolute atomic E-state index is 13.1. The zero-order chi connectivity index (χ0) is 26.4. The smallest absolute Gasteiger partial charge is 0.280 e. The third-order valence-electron chi connectivity index (χ3n) is 5.41. The second kappa shape index (κ2) is 11.2. The van der Waals surface area contributed by atoms with Gasteiger partial charge in [0.15, 0.2) is 18.1 Å². The summed E-state index contributed by atoms with van der Waals surface area (Å²) in [6.07, 6.45) is 1.72. The van der Waals surface area contributed by atoms with Gasteiger partial charge in [-0.25, -0.2) is 0 Å².